The molecule has 0 amide bonds. The lowest BCUT2D eigenvalue weighted by Gasteiger charge is -2.28. The van der Waals surface area contributed by atoms with E-state index in [1.54, 1.807) is 6.92 Å². The number of nitrogen functional groups attached to an aromatic ring is 1. The van der Waals surface area contributed by atoms with Gasteiger partial charge in [0, 0.05) is 0 Å². The van der Waals surface area contributed by atoms with E-state index in [0.717, 1.165) is 0 Å². The van der Waals surface area contributed by atoms with Crippen LogP contribution >= 0.6 is 7.67 Å². The summed E-state index contributed by atoms with van der Waals surface area (Å²) in [5.41, 5.74) is 3.76. The zero-order valence-electron chi connectivity index (χ0n) is 28.8. The van der Waals surface area contributed by atoms with Crippen molar-refractivity contribution in [2.75, 3.05) is 32.2 Å². The molecule has 1 saturated heterocycles. The molecule has 0 unspecified atom stereocenters. The molecule has 3 rings (SSSR count). The van der Waals surface area contributed by atoms with Gasteiger partial charge in [0.1, 0.15) is 29.9 Å². The number of esters is 2. The van der Waals surface area contributed by atoms with Crippen molar-refractivity contribution in [3.63, 3.8) is 0 Å². The van der Waals surface area contributed by atoms with Gasteiger partial charge < -0.3 is 39.4 Å². The van der Waals surface area contributed by atoms with Crippen molar-refractivity contribution in [1.29, 1.82) is 0 Å². The highest BCUT2D eigenvalue weighted by atomic mass is 31.2. The summed E-state index contributed by atoms with van der Waals surface area (Å²) < 4.78 is 43.6. The zero-order valence-corrected chi connectivity index (χ0v) is 29.7. The van der Waals surface area contributed by atoms with Crippen LogP contribution in [0.4, 0.5) is 5.95 Å². The smallest absolute Gasteiger partial charge is 0.342 e. The Hall–Kier alpha value is -2.92. The molecule has 2 aromatic heterocycles. The third-order valence-corrected chi connectivity index (χ3v) is 8.81. The Kier molecular flexibility index (Phi) is 12.0. The lowest BCUT2D eigenvalue weighted by Crippen LogP contribution is -2.45. The fourth-order valence-corrected chi connectivity index (χ4v) is 6.24. The summed E-state index contributed by atoms with van der Waals surface area (Å²) in [5.74, 6) is -1.37. The normalized spacial score (nSPS) is 23.4. The molecule has 17 nitrogen and oxygen atoms in total. The van der Waals surface area contributed by atoms with Gasteiger partial charge in [0.2, 0.25) is 11.8 Å². The first-order chi connectivity index (χ1) is 21.6. The molecule has 3 heterocycles. The zero-order chi connectivity index (χ0) is 35.5. The Morgan fingerprint density at radius 1 is 1.09 bits per heavy atom. The largest absolute Gasteiger partial charge is 0.476 e. The second-order valence-corrected chi connectivity index (χ2v) is 16.1. The Morgan fingerprint density at radius 3 is 2.11 bits per heavy atom. The minimum atomic E-state index is -4.28. The maximum Gasteiger partial charge on any atom is 0.342 e. The summed E-state index contributed by atoms with van der Waals surface area (Å²) in [6, 6.07) is -2.28. The molecular weight excluding hydrogens is 637 g/mol. The highest BCUT2D eigenvalue weighted by molar-refractivity contribution is 7.54. The van der Waals surface area contributed by atoms with Crippen molar-refractivity contribution in [1.82, 2.24) is 29.7 Å². The molecule has 6 N–H and O–H groups in total. The molecule has 1 fully saturated rings. The molecule has 18 heteroatoms. The number of carbonyl (C=O) groups excluding carboxylic acids is 2. The number of imidazole rings is 1. The minimum absolute atomic E-state index is 0.107. The van der Waals surface area contributed by atoms with Gasteiger partial charge in [-0.1, -0.05) is 41.5 Å². The molecule has 0 radical (unpaired) electrons. The quantitative estimate of drug-likeness (QED) is 0.141. The van der Waals surface area contributed by atoms with E-state index in [9.17, 15) is 24.4 Å². The van der Waals surface area contributed by atoms with Crippen molar-refractivity contribution < 1.29 is 47.8 Å². The molecule has 47 heavy (non-hydrogen) atoms. The van der Waals surface area contributed by atoms with Crippen molar-refractivity contribution >= 4 is 36.7 Å². The third-order valence-electron chi connectivity index (χ3n) is 6.84. The molecule has 2 aromatic rings. The van der Waals surface area contributed by atoms with Crippen molar-refractivity contribution in [2.45, 2.75) is 105 Å². The van der Waals surface area contributed by atoms with E-state index in [1.165, 1.54) is 31.7 Å². The maximum absolute atomic E-state index is 14.2. The first-order valence-corrected chi connectivity index (χ1v) is 17.0. The van der Waals surface area contributed by atoms with E-state index in [4.69, 9.17) is 29.2 Å². The average molecular weight is 688 g/mol. The number of nitrogens with zero attached hydrogens (tertiary/aromatic N) is 4. The molecule has 1 aliphatic heterocycles. The molecule has 0 aromatic carbocycles. The van der Waals surface area contributed by atoms with Gasteiger partial charge in [-0.15, -0.1) is 0 Å². The molecule has 0 aliphatic carbocycles. The van der Waals surface area contributed by atoms with Crippen molar-refractivity contribution in [3.05, 3.63) is 6.33 Å². The Labute approximate surface area is 274 Å². The van der Waals surface area contributed by atoms with Gasteiger partial charge in [0.15, 0.2) is 17.4 Å². The number of ether oxygens (including phenoxy) is 4. The highest BCUT2D eigenvalue weighted by Crippen LogP contribution is 2.44. The van der Waals surface area contributed by atoms with Gasteiger partial charge in [-0.05, 0) is 38.5 Å². The predicted octanol–water partition coefficient (Wildman–Crippen LogP) is 2.08. The number of hydrogen-bond acceptors (Lipinski definition) is 14. The standard InChI is InChI=1S/C29H50N7O10P/c1-11-42-22-19-21(32-26(30)33-22)36(15-31-19)25-29(10,40)20(37)18(46-25)12-45-47(41,34-16(2)23(38)43-13-27(4,5)6)35-17(3)24(39)44-14-28(7,8)9/h15-18,20,25,37,40H,11-14H2,1-10H3,(H2,30,32,33)(H2,34,35,41)/t16-,17-,18+,20+,25+,29+/m0/s1. The van der Waals surface area contributed by atoms with Crippen molar-refractivity contribution in [3.8, 4) is 5.88 Å². The first-order valence-electron chi connectivity index (χ1n) is 15.4. The Balaban J connectivity index is 1.83. The minimum Gasteiger partial charge on any atom is -0.476 e. The number of fused-ring (bicyclic) bond motifs is 1. The Bertz CT molecular complexity index is 1410. The summed E-state index contributed by atoms with van der Waals surface area (Å²) in [5, 5.41) is 27.7. The van der Waals surface area contributed by atoms with Crippen LogP contribution in [0.25, 0.3) is 11.2 Å². The fraction of sp³-hybridized carbons (Fsp3) is 0.759. The maximum atomic E-state index is 14.2. The number of carbonyl (C=O) groups is 2. The number of hydrogen-bond donors (Lipinski definition) is 5. The van der Waals surface area contributed by atoms with E-state index in [1.807, 2.05) is 41.5 Å². The van der Waals surface area contributed by atoms with Gasteiger partial charge in [-0.25, -0.2) is 15.2 Å². The molecule has 0 spiro atoms. The summed E-state index contributed by atoms with van der Waals surface area (Å²) in [7, 11) is -4.28. The number of aromatic nitrogens is 4. The van der Waals surface area contributed by atoms with Crippen LogP contribution in [0.5, 0.6) is 5.88 Å². The van der Waals surface area contributed by atoms with Crippen LogP contribution < -0.4 is 20.6 Å². The molecule has 266 valence electrons. The second kappa shape index (κ2) is 14.7. The number of anilines is 1. The van der Waals surface area contributed by atoms with E-state index in [2.05, 4.69) is 25.1 Å². The fourth-order valence-electron chi connectivity index (χ4n) is 4.42. The van der Waals surface area contributed by atoms with Crippen LogP contribution in [0.3, 0.4) is 0 Å². The molecule has 0 saturated carbocycles. The first kappa shape index (κ1) is 38.5. The molecule has 1 aliphatic rings. The van der Waals surface area contributed by atoms with E-state index < -0.39 is 62.3 Å². The van der Waals surface area contributed by atoms with Crippen LogP contribution in [0.2, 0.25) is 0 Å². The lowest BCUT2D eigenvalue weighted by atomic mass is 9.96. The summed E-state index contributed by atoms with van der Waals surface area (Å²) in [4.78, 5) is 38.1. The van der Waals surface area contributed by atoms with E-state index in [0.29, 0.717) is 0 Å². The lowest BCUT2D eigenvalue weighted by molar-refractivity contribution is -0.148. The summed E-state index contributed by atoms with van der Waals surface area (Å²) in [6.45, 7) is 17.3. The number of nitrogens with two attached hydrogens (primary N) is 1. The average Bonchev–Trinajstić information content (AvgIpc) is 3.45. The van der Waals surface area contributed by atoms with Crippen LogP contribution in [-0.4, -0.2) is 98.0 Å². The molecular formula is C29H50N7O10P. The van der Waals surface area contributed by atoms with Gasteiger partial charge in [0.05, 0.1) is 32.8 Å². The predicted molar refractivity (Wildman–Crippen MR) is 171 cm³/mol. The van der Waals surface area contributed by atoms with E-state index in [-0.39, 0.29) is 53.6 Å². The number of aliphatic hydroxyl groups excluding tert-OH is 1. The van der Waals surface area contributed by atoms with Crippen molar-refractivity contribution in [2.24, 2.45) is 10.8 Å². The van der Waals surface area contributed by atoms with E-state index >= 15 is 0 Å². The monoisotopic (exact) mass is 687 g/mol. The second-order valence-electron chi connectivity index (χ2n) is 14.2. The van der Waals surface area contributed by atoms with Crippen LogP contribution in [0, 0.1) is 10.8 Å². The molecule has 0 bridgehead atoms. The summed E-state index contributed by atoms with van der Waals surface area (Å²) >= 11 is 0. The van der Waals surface area contributed by atoms with Crippen LogP contribution in [-0.2, 0) is 32.9 Å². The van der Waals surface area contributed by atoms with Gasteiger partial charge in [-0.3, -0.25) is 18.7 Å². The van der Waals surface area contributed by atoms with Gasteiger partial charge >= 0.3 is 19.6 Å². The highest BCUT2D eigenvalue weighted by Gasteiger charge is 2.54. The SMILES string of the molecule is CCOc1nc(N)nc2c1ncn2[C@@H]1O[C@H](COP(=O)(N[C@@H](C)C(=O)OCC(C)(C)C)N[C@@H](C)C(=O)OCC(C)(C)C)[C@@H](O)[C@@]1(C)O. The molecule has 6 atom stereocenters. The third kappa shape index (κ3) is 10.0. The number of nitrogens with one attached hydrogen (secondary N) is 2. The number of aliphatic hydroxyl groups is 2. The van der Waals surface area contributed by atoms with Crippen LogP contribution in [0.15, 0.2) is 6.33 Å². The number of rotatable bonds is 14. The van der Waals surface area contributed by atoms with Gasteiger partial charge in [0.25, 0.3) is 0 Å². The Morgan fingerprint density at radius 2 is 1.62 bits per heavy atom. The van der Waals surface area contributed by atoms with Crippen LogP contribution in [0.1, 0.15) is 75.5 Å². The topological polar surface area (TPSA) is 231 Å². The van der Waals surface area contributed by atoms with Gasteiger partial charge in [-0.2, -0.15) is 9.97 Å². The summed E-state index contributed by atoms with van der Waals surface area (Å²) in [6.07, 6.45) is -2.73.